The first-order valence-electron chi connectivity index (χ1n) is 8.24. The van der Waals surface area contributed by atoms with E-state index in [1.54, 1.807) is 10.9 Å². The SMILES string of the molecule is CCCCS(=O)(=O)N1C[C](n2cc(-c3ncnc4[nH]ccc34)cn2)C1. The van der Waals surface area contributed by atoms with Gasteiger partial charge in [-0.2, -0.15) is 9.40 Å². The summed E-state index contributed by atoms with van der Waals surface area (Å²) in [6.07, 6.45) is 8.55. The molecule has 3 aromatic rings. The van der Waals surface area contributed by atoms with Crippen molar-refractivity contribution in [3.8, 4) is 11.3 Å². The van der Waals surface area contributed by atoms with Gasteiger partial charge in [-0.15, -0.1) is 0 Å². The summed E-state index contributed by atoms with van der Waals surface area (Å²) in [5.41, 5.74) is 2.47. The van der Waals surface area contributed by atoms with Crippen LogP contribution in [0.1, 0.15) is 19.8 Å². The number of nitrogens with one attached hydrogen (secondary N) is 1. The summed E-state index contributed by atoms with van der Waals surface area (Å²) in [5.74, 6) is 0.216. The summed E-state index contributed by atoms with van der Waals surface area (Å²) in [4.78, 5) is 11.6. The van der Waals surface area contributed by atoms with Crippen LogP contribution in [0.2, 0.25) is 0 Å². The Hall–Kier alpha value is -2.26. The molecular formula is C16H19N6O2S. The molecule has 1 aliphatic rings. The molecule has 0 saturated carbocycles. The minimum atomic E-state index is -3.15. The number of fused-ring (bicyclic) bond motifs is 1. The van der Waals surface area contributed by atoms with Crippen molar-refractivity contribution in [3.63, 3.8) is 0 Å². The molecule has 0 bridgehead atoms. The molecule has 25 heavy (non-hydrogen) atoms. The standard InChI is InChI=1S/C16H19N6O2S/c1-2-3-6-25(23,24)21-9-13(10-21)22-8-12(7-20-22)15-14-4-5-17-16(14)19-11-18-15/h4-5,7-8,11H,2-3,6,9-10H2,1H3,(H,17,18,19). The maximum Gasteiger partial charge on any atom is 0.214 e. The van der Waals surface area contributed by atoms with E-state index >= 15 is 0 Å². The molecule has 1 saturated heterocycles. The summed E-state index contributed by atoms with van der Waals surface area (Å²) in [6.45, 7) is 2.79. The van der Waals surface area contributed by atoms with E-state index in [4.69, 9.17) is 0 Å². The van der Waals surface area contributed by atoms with E-state index in [0.29, 0.717) is 19.5 Å². The highest BCUT2D eigenvalue weighted by Gasteiger charge is 2.37. The number of rotatable bonds is 6. The van der Waals surface area contributed by atoms with Crippen LogP contribution in [-0.4, -0.2) is 56.3 Å². The maximum absolute atomic E-state index is 12.2. The third-order valence-electron chi connectivity index (χ3n) is 4.40. The Kier molecular flexibility index (Phi) is 4.04. The molecule has 1 aliphatic heterocycles. The molecule has 0 aromatic carbocycles. The van der Waals surface area contributed by atoms with Crippen molar-refractivity contribution in [2.45, 2.75) is 19.8 Å². The van der Waals surface area contributed by atoms with Gasteiger partial charge in [0.1, 0.15) is 18.0 Å². The second kappa shape index (κ2) is 6.23. The summed E-state index contributed by atoms with van der Waals surface area (Å²) >= 11 is 0. The van der Waals surface area contributed by atoms with E-state index in [-0.39, 0.29) is 5.75 Å². The van der Waals surface area contributed by atoms with Gasteiger partial charge >= 0.3 is 0 Å². The van der Waals surface area contributed by atoms with Gasteiger partial charge in [-0.3, -0.25) is 4.68 Å². The zero-order valence-corrected chi connectivity index (χ0v) is 14.7. The highest BCUT2D eigenvalue weighted by Crippen LogP contribution is 2.28. The fraction of sp³-hybridized carbons (Fsp3) is 0.375. The predicted molar refractivity (Wildman–Crippen MR) is 94.0 cm³/mol. The lowest BCUT2D eigenvalue weighted by atomic mass is 10.1. The van der Waals surface area contributed by atoms with Crippen molar-refractivity contribution in [1.82, 2.24) is 29.0 Å². The van der Waals surface area contributed by atoms with Crippen molar-refractivity contribution in [2.24, 2.45) is 0 Å². The van der Waals surface area contributed by atoms with Crippen LogP contribution in [0.25, 0.3) is 22.3 Å². The minimum Gasteiger partial charge on any atom is -0.346 e. The highest BCUT2D eigenvalue weighted by atomic mass is 32.2. The van der Waals surface area contributed by atoms with Crippen LogP contribution < -0.4 is 0 Å². The summed E-state index contributed by atoms with van der Waals surface area (Å²) < 4.78 is 27.6. The van der Waals surface area contributed by atoms with Gasteiger partial charge < -0.3 is 4.98 Å². The fourth-order valence-electron chi connectivity index (χ4n) is 2.88. The summed E-state index contributed by atoms with van der Waals surface area (Å²) in [6, 6.07) is 2.89. The minimum absolute atomic E-state index is 0.216. The van der Waals surface area contributed by atoms with E-state index in [9.17, 15) is 8.42 Å². The first-order chi connectivity index (χ1) is 12.1. The lowest BCUT2D eigenvalue weighted by Gasteiger charge is -2.37. The maximum atomic E-state index is 12.2. The van der Waals surface area contributed by atoms with Gasteiger partial charge in [-0.05, 0) is 12.5 Å². The number of sulfonamides is 1. The number of nitrogens with zero attached hydrogens (tertiary/aromatic N) is 5. The molecule has 0 aliphatic carbocycles. The Morgan fingerprint density at radius 2 is 2.12 bits per heavy atom. The summed E-state index contributed by atoms with van der Waals surface area (Å²) in [5, 5.41) is 5.31. The zero-order chi connectivity index (χ0) is 17.4. The molecule has 0 spiro atoms. The van der Waals surface area contributed by atoms with Crippen LogP contribution in [0.3, 0.4) is 0 Å². The smallest absolute Gasteiger partial charge is 0.214 e. The monoisotopic (exact) mass is 359 g/mol. The largest absolute Gasteiger partial charge is 0.346 e. The molecule has 0 amide bonds. The Morgan fingerprint density at radius 1 is 1.28 bits per heavy atom. The molecule has 1 N–H and O–H groups in total. The molecule has 4 heterocycles. The van der Waals surface area contributed by atoms with Gasteiger partial charge in [0.2, 0.25) is 10.0 Å². The normalized spacial score (nSPS) is 16.4. The van der Waals surface area contributed by atoms with Crippen LogP contribution in [0.15, 0.2) is 31.0 Å². The number of H-pyrrole nitrogens is 1. The van der Waals surface area contributed by atoms with Crippen molar-refractivity contribution in [3.05, 3.63) is 37.0 Å². The first kappa shape index (κ1) is 16.2. The zero-order valence-electron chi connectivity index (χ0n) is 13.9. The molecule has 1 fully saturated rings. The van der Waals surface area contributed by atoms with Crippen molar-refractivity contribution < 1.29 is 8.42 Å². The quantitative estimate of drug-likeness (QED) is 0.722. The van der Waals surface area contributed by atoms with Gasteiger partial charge in [-0.1, -0.05) is 13.3 Å². The van der Waals surface area contributed by atoms with Gasteiger partial charge in [0.15, 0.2) is 0 Å². The van der Waals surface area contributed by atoms with E-state index in [1.807, 2.05) is 25.4 Å². The van der Waals surface area contributed by atoms with Crippen molar-refractivity contribution in [1.29, 1.82) is 0 Å². The van der Waals surface area contributed by atoms with Crippen LogP contribution in [0.4, 0.5) is 0 Å². The number of aromatic nitrogens is 5. The number of aromatic amines is 1. The van der Waals surface area contributed by atoms with E-state index in [1.165, 1.54) is 10.6 Å². The molecule has 9 heteroatoms. The Balaban J connectivity index is 1.49. The lowest BCUT2D eigenvalue weighted by molar-refractivity contribution is 0.303. The average molecular weight is 359 g/mol. The van der Waals surface area contributed by atoms with E-state index < -0.39 is 10.0 Å². The van der Waals surface area contributed by atoms with Crippen molar-refractivity contribution >= 4 is 21.1 Å². The second-order valence-corrected chi connectivity index (χ2v) is 8.23. The molecular weight excluding hydrogens is 340 g/mol. The van der Waals surface area contributed by atoms with Crippen LogP contribution in [-0.2, 0) is 10.0 Å². The average Bonchev–Trinajstić information content (AvgIpc) is 3.20. The van der Waals surface area contributed by atoms with Crippen LogP contribution >= 0.6 is 0 Å². The molecule has 131 valence electrons. The van der Waals surface area contributed by atoms with Gasteiger partial charge in [-0.25, -0.2) is 18.4 Å². The Morgan fingerprint density at radius 3 is 2.92 bits per heavy atom. The third-order valence-corrected chi connectivity index (χ3v) is 6.25. The Bertz CT molecular complexity index is 987. The molecule has 1 radical (unpaired) electrons. The van der Waals surface area contributed by atoms with Crippen LogP contribution in [0.5, 0.6) is 0 Å². The lowest BCUT2D eigenvalue weighted by Crippen LogP contribution is -2.52. The third kappa shape index (κ3) is 2.93. The van der Waals surface area contributed by atoms with E-state index in [0.717, 1.165) is 34.8 Å². The topological polar surface area (TPSA) is 96.8 Å². The molecule has 8 nitrogen and oxygen atoms in total. The highest BCUT2D eigenvalue weighted by molar-refractivity contribution is 7.89. The molecule has 0 unspecified atom stereocenters. The number of hydrogen-bond acceptors (Lipinski definition) is 5. The second-order valence-electron chi connectivity index (χ2n) is 6.14. The van der Waals surface area contributed by atoms with Crippen LogP contribution in [0, 0.1) is 6.04 Å². The first-order valence-corrected chi connectivity index (χ1v) is 9.85. The number of unbranched alkanes of at least 4 members (excludes halogenated alkanes) is 1. The van der Waals surface area contributed by atoms with Crippen molar-refractivity contribution in [2.75, 3.05) is 18.8 Å². The van der Waals surface area contributed by atoms with Gasteiger partial charge in [0.05, 0.1) is 17.6 Å². The van der Waals surface area contributed by atoms with Gasteiger partial charge in [0, 0.05) is 36.4 Å². The van der Waals surface area contributed by atoms with Gasteiger partial charge in [0.25, 0.3) is 0 Å². The molecule has 3 aromatic heterocycles. The molecule has 4 rings (SSSR count). The summed E-state index contributed by atoms with van der Waals surface area (Å²) in [7, 11) is -3.15. The molecule has 0 atom stereocenters. The fourth-order valence-corrected chi connectivity index (χ4v) is 4.48. The Labute approximate surface area is 145 Å². The number of hydrogen-bond donors (Lipinski definition) is 1. The van der Waals surface area contributed by atoms with E-state index in [2.05, 4.69) is 20.1 Å². The predicted octanol–water partition coefficient (Wildman–Crippen LogP) is 1.65.